The normalized spacial score (nSPS) is 12.9. The molecule has 0 saturated heterocycles. The Balaban J connectivity index is 1.46. The highest BCUT2D eigenvalue weighted by atomic mass is 35.5. The van der Waals surface area contributed by atoms with Crippen molar-refractivity contribution in [1.82, 2.24) is 0 Å². The van der Waals surface area contributed by atoms with Gasteiger partial charge in [0.1, 0.15) is 0 Å². The van der Waals surface area contributed by atoms with Gasteiger partial charge in [-0.1, -0.05) is 11.6 Å². The van der Waals surface area contributed by atoms with Crippen LogP contribution in [0.1, 0.15) is 30.1 Å². The molecular formula is C20H18ClNO6. The smallest absolute Gasteiger partial charge is 0.307 e. The quantitative estimate of drug-likeness (QED) is 0.561. The summed E-state index contributed by atoms with van der Waals surface area (Å²) in [5, 5.41) is 3.17. The average molecular weight is 404 g/mol. The molecule has 2 aromatic carbocycles. The van der Waals surface area contributed by atoms with Crippen LogP contribution in [0.2, 0.25) is 5.02 Å². The van der Waals surface area contributed by atoms with E-state index in [1.54, 1.807) is 42.5 Å². The van der Waals surface area contributed by atoms with Crippen LogP contribution in [-0.2, 0) is 14.3 Å². The molecule has 0 fully saturated rings. The molecule has 2 aromatic rings. The van der Waals surface area contributed by atoms with Crippen molar-refractivity contribution in [2.75, 3.05) is 12.1 Å². The number of amides is 1. The number of carbonyl (C=O) groups excluding carboxylic acids is 3. The van der Waals surface area contributed by atoms with E-state index in [-0.39, 0.29) is 25.4 Å². The summed E-state index contributed by atoms with van der Waals surface area (Å²) < 4.78 is 15.6. The summed E-state index contributed by atoms with van der Waals surface area (Å²) in [7, 11) is 0. The molecule has 0 aliphatic carbocycles. The van der Waals surface area contributed by atoms with Crippen LogP contribution in [0.5, 0.6) is 11.5 Å². The maximum atomic E-state index is 12.2. The number of benzene rings is 2. The van der Waals surface area contributed by atoms with Gasteiger partial charge >= 0.3 is 5.97 Å². The highest BCUT2D eigenvalue weighted by molar-refractivity contribution is 6.30. The molecule has 0 unspecified atom stereocenters. The van der Waals surface area contributed by atoms with Gasteiger partial charge in [0.05, 0.1) is 6.42 Å². The number of ether oxygens (including phenoxy) is 3. The summed E-state index contributed by atoms with van der Waals surface area (Å²) in [6, 6.07) is 11.4. The van der Waals surface area contributed by atoms with Crippen molar-refractivity contribution in [3.8, 4) is 11.5 Å². The van der Waals surface area contributed by atoms with Gasteiger partial charge in [0, 0.05) is 28.8 Å². The van der Waals surface area contributed by atoms with Crippen LogP contribution in [0.4, 0.5) is 5.69 Å². The van der Waals surface area contributed by atoms with Crippen LogP contribution >= 0.6 is 11.6 Å². The molecule has 0 bridgehead atoms. The molecule has 146 valence electrons. The number of fused-ring (bicyclic) bond motifs is 1. The van der Waals surface area contributed by atoms with Crippen LogP contribution in [0.25, 0.3) is 0 Å². The van der Waals surface area contributed by atoms with Gasteiger partial charge in [-0.25, -0.2) is 0 Å². The summed E-state index contributed by atoms with van der Waals surface area (Å²) in [4.78, 5) is 36.2. The second kappa shape index (κ2) is 8.75. The average Bonchev–Trinajstić information content (AvgIpc) is 3.14. The SMILES string of the molecule is C[C@H](OC(=O)CCC(=O)c1ccc(Cl)cc1)C(=O)Nc1ccc2c(c1)OCO2. The molecule has 0 radical (unpaired) electrons. The fourth-order valence-corrected chi connectivity index (χ4v) is 2.65. The first-order valence-corrected chi connectivity index (χ1v) is 8.99. The predicted molar refractivity (Wildman–Crippen MR) is 102 cm³/mol. The second-order valence-corrected chi connectivity index (χ2v) is 6.56. The molecule has 0 saturated carbocycles. The molecule has 1 heterocycles. The van der Waals surface area contributed by atoms with Crippen LogP contribution in [0.15, 0.2) is 42.5 Å². The van der Waals surface area contributed by atoms with Gasteiger partial charge in [-0.05, 0) is 43.3 Å². The number of esters is 1. The lowest BCUT2D eigenvalue weighted by Gasteiger charge is -2.13. The summed E-state index contributed by atoms with van der Waals surface area (Å²) >= 11 is 5.78. The molecule has 1 atom stereocenters. The van der Waals surface area contributed by atoms with E-state index in [1.807, 2.05) is 0 Å². The van der Waals surface area contributed by atoms with E-state index in [0.29, 0.717) is 27.8 Å². The second-order valence-electron chi connectivity index (χ2n) is 6.12. The maximum Gasteiger partial charge on any atom is 0.307 e. The Morgan fingerprint density at radius 2 is 1.79 bits per heavy atom. The van der Waals surface area contributed by atoms with E-state index in [4.69, 9.17) is 25.8 Å². The summed E-state index contributed by atoms with van der Waals surface area (Å²) in [6.07, 6.45) is -1.15. The number of ketones is 1. The number of carbonyl (C=O) groups is 3. The Bertz CT molecular complexity index is 896. The van der Waals surface area contributed by atoms with E-state index in [9.17, 15) is 14.4 Å². The first kappa shape index (κ1) is 19.7. The first-order valence-electron chi connectivity index (χ1n) is 8.61. The molecule has 8 heteroatoms. The van der Waals surface area contributed by atoms with Crippen LogP contribution < -0.4 is 14.8 Å². The number of nitrogens with one attached hydrogen (secondary N) is 1. The topological polar surface area (TPSA) is 90.9 Å². The number of rotatable bonds is 7. The molecule has 3 rings (SSSR count). The third-order valence-electron chi connectivity index (χ3n) is 4.04. The zero-order valence-electron chi connectivity index (χ0n) is 15.1. The number of hydrogen-bond donors (Lipinski definition) is 1. The predicted octanol–water partition coefficient (Wildman–Crippen LogP) is 3.60. The van der Waals surface area contributed by atoms with Crippen molar-refractivity contribution < 1.29 is 28.6 Å². The lowest BCUT2D eigenvalue weighted by Crippen LogP contribution is -2.30. The molecule has 1 amide bonds. The van der Waals surface area contributed by atoms with Crippen molar-refractivity contribution in [3.63, 3.8) is 0 Å². The highest BCUT2D eigenvalue weighted by Gasteiger charge is 2.20. The van der Waals surface area contributed by atoms with Gasteiger partial charge in [-0.15, -0.1) is 0 Å². The monoisotopic (exact) mass is 403 g/mol. The molecule has 1 aliphatic heterocycles. The maximum absolute atomic E-state index is 12.2. The van der Waals surface area contributed by atoms with Crippen LogP contribution in [-0.4, -0.2) is 30.6 Å². The fraction of sp³-hybridized carbons (Fsp3) is 0.250. The van der Waals surface area contributed by atoms with Crippen LogP contribution in [0.3, 0.4) is 0 Å². The van der Waals surface area contributed by atoms with E-state index in [0.717, 1.165) is 0 Å². The van der Waals surface area contributed by atoms with Gasteiger partial charge in [0.25, 0.3) is 5.91 Å². The number of halogens is 1. The van der Waals surface area contributed by atoms with Crippen molar-refractivity contribution in [2.45, 2.75) is 25.9 Å². The standard InChI is InChI=1S/C20H18ClNO6/c1-12(20(25)22-15-6-8-17-18(10-15)27-11-26-17)28-19(24)9-7-16(23)13-2-4-14(21)5-3-13/h2-6,8,10,12H,7,9,11H2,1H3,(H,22,25)/t12-/m0/s1. The molecule has 28 heavy (non-hydrogen) atoms. The number of Topliss-reactive ketones (excluding diaryl/α,β-unsaturated/α-hetero) is 1. The Morgan fingerprint density at radius 3 is 2.54 bits per heavy atom. The lowest BCUT2D eigenvalue weighted by atomic mass is 10.1. The van der Waals surface area contributed by atoms with E-state index < -0.39 is 18.0 Å². The first-order chi connectivity index (χ1) is 13.4. The van der Waals surface area contributed by atoms with Gasteiger partial charge in [0.2, 0.25) is 6.79 Å². The van der Waals surface area contributed by atoms with E-state index in [1.165, 1.54) is 6.92 Å². The summed E-state index contributed by atoms with van der Waals surface area (Å²) in [6.45, 7) is 1.59. The molecule has 1 aliphatic rings. The Labute approximate surface area is 166 Å². The zero-order valence-corrected chi connectivity index (χ0v) is 15.8. The van der Waals surface area contributed by atoms with Gasteiger partial charge in [-0.3, -0.25) is 14.4 Å². The molecular weight excluding hydrogens is 386 g/mol. The zero-order chi connectivity index (χ0) is 20.1. The minimum atomic E-state index is -1.01. The number of hydrogen-bond acceptors (Lipinski definition) is 6. The summed E-state index contributed by atoms with van der Waals surface area (Å²) in [5.41, 5.74) is 0.959. The minimum absolute atomic E-state index is 0.0169. The molecule has 1 N–H and O–H groups in total. The van der Waals surface area contributed by atoms with E-state index in [2.05, 4.69) is 5.32 Å². The Hall–Kier alpha value is -3.06. The number of anilines is 1. The largest absolute Gasteiger partial charge is 0.454 e. The van der Waals surface area contributed by atoms with Gasteiger partial charge in [0.15, 0.2) is 23.4 Å². The third kappa shape index (κ3) is 5.01. The molecule has 7 nitrogen and oxygen atoms in total. The lowest BCUT2D eigenvalue weighted by molar-refractivity contribution is -0.153. The van der Waals surface area contributed by atoms with Crippen molar-refractivity contribution in [3.05, 3.63) is 53.1 Å². The van der Waals surface area contributed by atoms with Gasteiger partial charge in [-0.2, -0.15) is 0 Å². The summed E-state index contributed by atoms with van der Waals surface area (Å²) in [5.74, 6) is -0.191. The molecule has 0 aromatic heterocycles. The Kier molecular flexibility index (Phi) is 6.16. The minimum Gasteiger partial charge on any atom is -0.454 e. The third-order valence-corrected chi connectivity index (χ3v) is 4.29. The van der Waals surface area contributed by atoms with Crippen molar-refractivity contribution >= 4 is 34.9 Å². The fourth-order valence-electron chi connectivity index (χ4n) is 2.52. The van der Waals surface area contributed by atoms with Crippen LogP contribution in [0, 0.1) is 0 Å². The molecule has 0 spiro atoms. The van der Waals surface area contributed by atoms with E-state index >= 15 is 0 Å². The van der Waals surface area contributed by atoms with Crippen molar-refractivity contribution in [2.24, 2.45) is 0 Å². The Morgan fingerprint density at radius 1 is 1.07 bits per heavy atom. The van der Waals surface area contributed by atoms with Crippen molar-refractivity contribution in [1.29, 1.82) is 0 Å². The highest BCUT2D eigenvalue weighted by Crippen LogP contribution is 2.34. The van der Waals surface area contributed by atoms with Gasteiger partial charge < -0.3 is 19.5 Å².